The molecular formula is C14H14N2O3S. The van der Waals surface area contributed by atoms with E-state index in [1.807, 2.05) is 6.92 Å². The van der Waals surface area contributed by atoms with Crippen LogP contribution in [0.4, 0.5) is 5.69 Å². The van der Waals surface area contributed by atoms with Gasteiger partial charge in [-0.3, -0.25) is 9.52 Å². The van der Waals surface area contributed by atoms with Gasteiger partial charge in [-0.05, 0) is 37.3 Å². The van der Waals surface area contributed by atoms with Gasteiger partial charge in [-0.1, -0.05) is 23.8 Å². The highest BCUT2D eigenvalue weighted by atomic mass is 32.2. The van der Waals surface area contributed by atoms with Crippen LogP contribution in [0, 0.1) is 6.92 Å². The average molecular weight is 290 g/mol. The fourth-order valence-electron chi connectivity index (χ4n) is 1.65. The minimum absolute atomic E-state index is 0.00521. The Morgan fingerprint density at radius 3 is 2.35 bits per heavy atom. The summed E-state index contributed by atoms with van der Waals surface area (Å²) in [5.74, 6) is -0.669. The van der Waals surface area contributed by atoms with E-state index in [-0.39, 0.29) is 10.5 Å². The molecular weight excluding hydrogens is 276 g/mol. The third-order valence-electron chi connectivity index (χ3n) is 2.73. The summed E-state index contributed by atoms with van der Waals surface area (Å²) in [7, 11) is -3.74. The van der Waals surface area contributed by atoms with Gasteiger partial charge in [-0.15, -0.1) is 0 Å². The minimum atomic E-state index is -3.74. The van der Waals surface area contributed by atoms with E-state index < -0.39 is 15.9 Å². The molecule has 0 aliphatic rings. The summed E-state index contributed by atoms with van der Waals surface area (Å²) in [5.41, 5.74) is 6.78. The van der Waals surface area contributed by atoms with Crippen molar-refractivity contribution in [2.45, 2.75) is 11.8 Å². The minimum Gasteiger partial charge on any atom is -0.366 e. The van der Waals surface area contributed by atoms with Crippen molar-refractivity contribution < 1.29 is 13.2 Å². The number of hydrogen-bond donors (Lipinski definition) is 2. The maximum atomic E-state index is 12.2. The highest BCUT2D eigenvalue weighted by molar-refractivity contribution is 7.92. The second kappa shape index (κ2) is 5.34. The van der Waals surface area contributed by atoms with E-state index in [0.29, 0.717) is 5.69 Å². The van der Waals surface area contributed by atoms with Crippen molar-refractivity contribution in [3.63, 3.8) is 0 Å². The first-order valence-electron chi connectivity index (χ1n) is 5.88. The fourth-order valence-corrected chi connectivity index (χ4v) is 2.76. The van der Waals surface area contributed by atoms with Gasteiger partial charge in [0.1, 0.15) is 0 Å². The quantitative estimate of drug-likeness (QED) is 0.901. The molecule has 0 radical (unpaired) electrons. The van der Waals surface area contributed by atoms with Crippen LogP contribution in [0.2, 0.25) is 0 Å². The van der Waals surface area contributed by atoms with Gasteiger partial charge in [0.25, 0.3) is 10.0 Å². The lowest BCUT2D eigenvalue weighted by molar-refractivity contribution is 0.1000. The predicted molar refractivity (Wildman–Crippen MR) is 76.9 cm³/mol. The van der Waals surface area contributed by atoms with Gasteiger partial charge in [-0.2, -0.15) is 0 Å². The molecule has 0 saturated carbocycles. The van der Waals surface area contributed by atoms with Crippen LogP contribution >= 0.6 is 0 Å². The molecule has 0 atom stereocenters. The molecule has 0 bridgehead atoms. The number of anilines is 1. The van der Waals surface area contributed by atoms with Gasteiger partial charge in [0.15, 0.2) is 0 Å². The molecule has 0 saturated heterocycles. The Hall–Kier alpha value is -2.34. The lowest BCUT2D eigenvalue weighted by Gasteiger charge is -2.09. The Kier molecular flexibility index (Phi) is 3.76. The highest BCUT2D eigenvalue weighted by Crippen LogP contribution is 2.17. The normalized spacial score (nSPS) is 11.1. The third-order valence-corrected chi connectivity index (χ3v) is 4.11. The molecule has 0 heterocycles. The molecule has 0 aliphatic heterocycles. The Balaban J connectivity index is 2.33. The van der Waals surface area contributed by atoms with Gasteiger partial charge in [-0.25, -0.2) is 8.42 Å². The van der Waals surface area contributed by atoms with E-state index in [1.54, 1.807) is 24.3 Å². The molecule has 3 N–H and O–H groups in total. The van der Waals surface area contributed by atoms with Gasteiger partial charge in [0.2, 0.25) is 5.91 Å². The molecule has 2 aromatic carbocycles. The van der Waals surface area contributed by atoms with Crippen molar-refractivity contribution in [1.29, 1.82) is 0 Å². The summed E-state index contributed by atoms with van der Waals surface area (Å²) >= 11 is 0. The van der Waals surface area contributed by atoms with E-state index in [0.717, 1.165) is 5.56 Å². The summed E-state index contributed by atoms with van der Waals surface area (Å²) in [5, 5.41) is 0. The van der Waals surface area contributed by atoms with E-state index in [2.05, 4.69) is 4.72 Å². The first-order valence-corrected chi connectivity index (χ1v) is 7.36. The molecule has 6 heteroatoms. The second-order valence-corrected chi connectivity index (χ2v) is 6.05. The topological polar surface area (TPSA) is 89.3 Å². The number of nitrogens with two attached hydrogens (primary N) is 1. The molecule has 0 fully saturated rings. The standard InChI is InChI=1S/C14H14N2O3S/c1-10-5-7-12(8-6-10)16-20(18,19)13-4-2-3-11(9-13)14(15)17/h2-9,16H,1H3,(H2,15,17). The highest BCUT2D eigenvalue weighted by Gasteiger charge is 2.15. The molecule has 20 heavy (non-hydrogen) atoms. The number of sulfonamides is 1. The van der Waals surface area contributed by atoms with Crippen LogP contribution in [0.5, 0.6) is 0 Å². The Bertz CT molecular complexity index is 737. The number of primary amides is 1. The van der Waals surface area contributed by atoms with Crippen LogP contribution in [0.3, 0.4) is 0 Å². The first kappa shape index (κ1) is 14.1. The third kappa shape index (κ3) is 3.16. The second-order valence-electron chi connectivity index (χ2n) is 4.36. The lowest BCUT2D eigenvalue weighted by atomic mass is 10.2. The zero-order chi connectivity index (χ0) is 14.8. The molecule has 2 rings (SSSR count). The summed E-state index contributed by atoms with van der Waals surface area (Å²) < 4.78 is 26.8. The molecule has 0 aliphatic carbocycles. The van der Waals surface area contributed by atoms with Crippen molar-refractivity contribution in [2.75, 3.05) is 4.72 Å². The number of hydrogen-bond acceptors (Lipinski definition) is 3. The van der Waals surface area contributed by atoms with Crippen molar-refractivity contribution in [2.24, 2.45) is 5.73 Å². The van der Waals surface area contributed by atoms with Crippen LogP contribution in [0.1, 0.15) is 15.9 Å². The van der Waals surface area contributed by atoms with E-state index >= 15 is 0 Å². The number of amides is 1. The maximum Gasteiger partial charge on any atom is 0.261 e. The maximum absolute atomic E-state index is 12.2. The summed E-state index contributed by atoms with van der Waals surface area (Å²) in [4.78, 5) is 11.1. The van der Waals surface area contributed by atoms with E-state index in [1.165, 1.54) is 24.3 Å². The van der Waals surface area contributed by atoms with E-state index in [9.17, 15) is 13.2 Å². The van der Waals surface area contributed by atoms with Crippen LogP contribution in [-0.4, -0.2) is 14.3 Å². The van der Waals surface area contributed by atoms with Crippen LogP contribution in [0.15, 0.2) is 53.4 Å². The van der Waals surface area contributed by atoms with Gasteiger partial charge in [0, 0.05) is 11.3 Å². The Morgan fingerprint density at radius 1 is 1.10 bits per heavy atom. The molecule has 1 amide bonds. The average Bonchev–Trinajstić information content (AvgIpc) is 2.41. The van der Waals surface area contributed by atoms with Crippen LogP contribution in [0.25, 0.3) is 0 Å². The number of aryl methyl sites for hydroxylation is 1. The monoisotopic (exact) mass is 290 g/mol. The molecule has 0 aromatic heterocycles. The van der Waals surface area contributed by atoms with E-state index in [4.69, 9.17) is 5.73 Å². The van der Waals surface area contributed by atoms with Gasteiger partial charge in [0.05, 0.1) is 4.90 Å². The zero-order valence-corrected chi connectivity index (χ0v) is 11.6. The smallest absolute Gasteiger partial charge is 0.261 e. The molecule has 104 valence electrons. The van der Waals surface area contributed by atoms with Gasteiger partial charge < -0.3 is 5.73 Å². The number of benzene rings is 2. The Labute approximate surface area is 117 Å². The summed E-state index contributed by atoms with van der Waals surface area (Å²) in [6.45, 7) is 1.91. The molecule has 5 nitrogen and oxygen atoms in total. The summed E-state index contributed by atoms with van der Waals surface area (Å²) in [6.07, 6.45) is 0. The van der Waals surface area contributed by atoms with Crippen molar-refractivity contribution in [1.82, 2.24) is 0 Å². The van der Waals surface area contributed by atoms with Crippen LogP contribution in [-0.2, 0) is 10.0 Å². The van der Waals surface area contributed by atoms with Crippen molar-refractivity contribution in [3.05, 3.63) is 59.7 Å². The molecule has 2 aromatic rings. The number of carbonyl (C=O) groups is 1. The number of carbonyl (C=O) groups excluding carboxylic acids is 1. The SMILES string of the molecule is Cc1ccc(NS(=O)(=O)c2cccc(C(N)=O)c2)cc1. The van der Waals surface area contributed by atoms with Gasteiger partial charge >= 0.3 is 0 Å². The van der Waals surface area contributed by atoms with Crippen LogP contribution < -0.4 is 10.5 Å². The first-order chi connectivity index (χ1) is 9.38. The Morgan fingerprint density at radius 2 is 1.75 bits per heavy atom. The summed E-state index contributed by atoms with van der Waals surface area (Å²) in [6, 6.07) is 12.5. The molecule has 0 spiro atoms. The zero-order valence-electron chi connectivity index (χ0n) is 10.8. The number of rotatable bonds is 4. The lowest BCUT2D eigenvalue weighted by Crippen LogP contribution is -2.15. The molecule has 0 unspecified atom stereocenters. The largest absolute Gasteiger partial charge is 0.366 e. The van der Waals surface area contributed by atoms with Crippen molar-refractivity contribution >= 4 is 21.6 Å². The fraction of sp³-hybridized carbons (Fsp3) is 0.0714. The number of nitrogens with one attached hydrogen (secondary N) is 1. The van der Waals surface area contributed by atoms with Crippen molar-refractivity contribution in [3.8, 4) is 0 Å². The predicted octanol–water partition coefficient (Wildman–Crippen LogP) is 1.89.